The summed E-state index contributed by atoms with van der Waals surface area (Å²) in [5.41, 5.74) is 3.65. The first-order valence-electron chi connectivity index (χ1n) is 8.99. The number of amides is 1. The lowest BCUT2D eigenvalue weighted by molar-refractivity contribution is -0.116. The van der Waals surface area contributed by atoms with E-state index in [4.69, 9.17) is 9.26 Å². The van der Waals surface area contributed by atoms with Crippen molar-refractivity contribution in [3.8, 4) is 11.6 Å². The Balaban J connectivity index is 1.54. The predicted octanol–water partition coefficient (Wildman–Crippen LogP) is 4.61. The molecule has 6 heteroatoms. The monoisotopic (exact) mass is 365 g/mol. The van der Waals surface area contributed by atoms with Crippen LogP contribution in [0.1, 0.15) is 35.9 Å². The first kappa shape index (κ1) is 18.6. The fourth-order valence-electron chi connectivity index (χ4n) is 2.79. The number of rotatable bonds is 7. The number of carbonyl (C=O) groups is 1. The molecule has 0 aliphatic heterocycles. The highest BCUT2D eigenvalue weighted by atomic mass is 16.5. The highest BCUT2D eigenvalue weighted by Crippen LogP contribution is 2.22. The zero-order valence-corrected chi connectivity index (χ0v) is 15.8. The smallest absolute Gasteiger partial charge is 0.224 e. The van der Waals surface area contributed by atoms with Crippen LogP contribution in [0, 0.1) is 13.8 Å². The number of aromatic nitrogens is 2. The molecule has 3 aromatic rings. The maximum atomic E-state index is 12.2. The molecule has 2 heterocycles. The van der Waals surface area contributed by atoms with Crippen molar-refractivity contribution in [3.05, 3.63) is 65.2 Å². The molecule has 0 aliphatic rings. The number of carbonyl (C=O) groups excluding carboxylic acids is 1. The lowest BCUT2D eigenvalue weighted by Gasteiger charge is -2.08. The Kier molecular flexibility index (Phi) is 5.86. The number of ether oxygens (including phenoxy) is 1. The second-order valence-corrected chi connectivity index (χ2v) is 6.34. The van der Waals surface area contributed by atoms with Crippen molar-refractivity contribution >= 4 is 11.6 Å². The van der Waals surface area contributed by atoms with Crippen molar-refractivity contribution in [1.29, 1.82) is 0 Å². The molecular weight excluding hydrogens is 342 g/mol. The van der Waals surface area contributed by atoms with Gasteiger partial charge in [-0.25, -0.2) is 4.98 Å². The van der Waals surface area contributed by atoms with Gasteiger partial charge < -0.3 is 14.6 Å². The molecule has 140 valence electrons. The number of nitrogens with one attached hydrogen (secondary N) is 1. The van der Waals surface area contributed by atoms with Gasteiger partial charge in [0.25, 0.3) is 0 Å². The minimum Gasteiger partial charge on any atom is -0.439 e. The molecule has 3 rings (SSSR count). The maximum absolute atomic E-state index is 12.2. The van der Waals surface area contributed by atoms with Crippen molar-refractivity contribution in [2.45, 2.75) is 40.0 Å². The first-order chi connectivity index (χ1) is 13.0. The van der Waals surface area contributed by atoms with E-state index in [0.29, 0.717) is 24.4 Å². The van der Waals surface area contributed by atoms with Crippen molar-refractivity contribution in [3.63, 3.8) is 0 Å². The van der Waals surface area contributed by atoms with Crippen molar-refractivity contribution in [2.24, 2.45) is 0 Å². The van der Waals surface area contributed by atoms with Crippen LogP contribution >= 0.6 is 0 Å². The summed E-state index contributed by atoms with van der Waals surface area (Å²) in [6, 6.07) is 11.4. The van der Waals surface area contributed by atoms with Gasteiger partial charge in [-0.1, -0.05) is 24.2 Å². The molecule has 27 heavy (non-hydrogen) atoms. The van der Waals surface area contributed by atoms with Gasteiger partial charge in [0, 0.05) is 18.1 Å². The van der Waals surface area contributed by atoms with Gasteiger partial charge in [-0.3, -0.25) is 4.79 Å². The second-order valence-electron chi connectivity index (χ2n) is 6.34. The Morgan fingerprint density at radius 2 is 2.07 bits per heavy atom. The Bertz CT molecular complexity index is 897. The summed E-state index contributed by atoms with van der Waals surface area (Å²) in [4.78, 5) is 16.4. The van der Waals surface area contributed by atoms with Gasteiger partial charge in [0.05, 0.1) is 17.6 Å². The minimum atomic E-state index is -0.0823. The third-order valence-corrected chi connectivity index (χ3v) is 4.33. The molecule has 0 saturated heterocycles. The molecule has 1 N–H and O–H groups in total. The molecule has 0 radical (unpaired) electrons. The number of anilines is 1. The summed E-state index contributed by atoms with van der Waals surface area (Å²) >= 11 is 0. The number of hydrogen-bond donors (Lipinski definition) is 1. The van der Waals surface area contributed by atoms with Crippen LogP contribution in [0.2, 0.25) is 0 Å². The van der Waals surface area contributed by atoms with Gasteiger partial charge in [0.15, 0.2) is 0 Å². The second kappa shape index (κ2) is 8.49. The topological polar surface area (TPSA) is 77.2 Å². The standard InChI is InChI=1S/C21H23N3O3/c1-4-16-6-5-7-18(12-16)26-21-11-8-17(13-22-21)23-20(25)10-9-19-14(2)24-27-15(19)3/h5-8,11-13H,4,9-10H2,1-3H3,(H,23,25). The lowest BCUT2D eigenvalue weighted by Crippen LogP contribution is -2.12. The Morgan fingerprint density at radius 3 is 2.74 bits per heavy atom. The van der Waals surface area contributed by atoms with Crippen molar-refractivity contribution < 1.29 is 14.1 Å². The van der Waals surface area contributed by atoms with Crippen LogP contribution in [0.4, 0.5) is 5.69 Å². The Morgan fingerprint density at radius 1 is 1.22 bits per heavy atom. The van der Waals surface area contributed by atoms with Crippen LogP contribution in [-0.4, -0.2) is 16.0 Å². The number of nitrogens with zero attached hydrogens (tertiary/aromatic N) is 2. The average molecular weight is 365 g/mol. The zero-order chi connectivity index (χ0) is 19.2. The molecule has 6 nitrogen and oxygen atoms in total. The predicted molar refractivity (Wildman–Crippen MR) is 103 cm³/mol. The SMILES string of the molecule is CCc1cccc(Oc2ccc(NC(=O)CCc3c(C)noc3C)cn2)c1. The van der Waals surface area contributed by atoms with E-state index in [1.165, 1.54) is 5.56 Å². The van der Waals surface area contributed by atoms with E-state index in [9.17, 15) is 4.79 Å². The fourth-order valence-corrected chi connectivity index (χ4v) is 2.79. The van der Waals surface area contributed by atoms with E-state index in [-0.39, 0.29) is 5.91 Å². The van der Waals surface area contributed by atoms with E-state index in [1.807, 2.05) is 32.0 Å². The van der Waals surface area contributed by atoms with Crippen molar-refractivity contribution in [1.82, 2.24) is 10.1 Å². The van der Waals surface area contributed by atoms with Crippen LogP contribution in [0.25, 0.3) is 0 Å². The van der Waals surface area contributed by atoms with E-state index < -0.39 is 0 Å². The summed E-state index contributed by atoms with van der Waals surface area (Å²) in [6.45, 7) is 5.83. The normalized spacial score (nSPS) is 10.6. The highest BCUT2D eigenvalue weighted by Gasteiger charge is 2.11. The first-order valence-corrected chi connectivity index (χ1v) is 8.99. The zero-order valence-electron chi connectivity index (χ0n) is 15.8. The maximum Gasteiger partial charge on any atom is 0.224 e. The summed E-state index contributed by atoms with van der Waals surface area (Å²) in [6.07, 6.45) is 3.48. The summed E-state index contributed by atoms with van der Waals surface area (Å²) in [5.74, 6) is 1.91. The Labute approximate surface area is 158 Å². The van der Waals surface area contributed by atoms with Crippen molar-refractivity contribution in [2.75, 3.05) is 5.32 Å². The molecule has 2 aromatic heterocycles. The highest BCUT2D eigenvalue weighted by molar-refractivity contribution is 5.90. The number of hydrogen-bond acceptors (Lipinski definition) is 5. The van der Waals surface area contributed by atoms with E-state index in [0.717, 1.165) is 29.2 Å². The van der Waals surface area contributed by atoms with Gasteiger partial charge in [-0.2, -0.15) is 0 Å². The van der Waals surface area contributed by atoms with Crippen LogP contribution in [-0.2, 0) is 17.6 Å². The molecule has 0 spiro atoms. The molecule has 0 bridgehead atoms. The fraction of sp³-hybridized carbons (Fsp3) is 0.286. The Hall–Kier alpha value is -3.15. The minimum absolute atomic E-state index is 0.0823. The van der Waals surface area contributed by atoms with Gasteiger partial charge in [0.2, 0.25) is 11.8 Å². The molecule has 0 fully saturated rings. The van der Waals surface area contributed by atoms with Gasteiger partial charge >= 0.3 is 0 Å². The van der Waals surface area contributed by atoms with Gasteiger partial charge in [-0.15, -0.1) is 0 Å². The molecule has 0 atom stereocenters. The summed E-state index contributed by atoms with van der Waals surface area (Å²) in [7, 11) is 0. The van der Waals surface area contributed by atoms with E-state index >= 15 is 0 Å². The summed E-state index contributed by atoms with van der Waals surface area (Å²) in [5, 5.41) is 6.75. The molecule has 0 unspecified atom stereocenters. The van der Waals surface area contributed by atoms with E-state index in [2.05, 4.69) is 28.4 Å². The quantitative estimate of drug-likeness (QED) is 0.661. The molecule has 1 aromatic carbocycles. The largest absolute Gasteiger partial charge is 0.439 e. The third-order valence-electron chi connectivity index (χ3n) is 4.33. The molecule has 1 amide bonds. The summed E-state index contributed by atoms with van der Waals surface area (Å²) < 4.78 is 10.9. The van der Waals surface area contributed by atoms with Crippen LogP contribution in [0.3, 0.4) is 0 Å². The van der Waals surface area contributed by atoms with Gasteiger partial charge in [0.1, 0.15) is 11.5 Å². The average Bonchev–Trinajstić information content (AvgIpc) is 2.99. The van der Waals surface area contributed by atoms with E-state index in [1.54, 1.807) is 18.3 Å². The van der Waals surface area contributed by atoms with Gasteiger partial charge in [-0.05, 0) is 50.5 Å². The third kappa shape index (κ3) is 4.94. The van der Waals surface area contributed by atoms with Crippen LogP contribution in [0.15, 0.2) is 47.1 Å². The number of benzene rings is 1. The van der Waals surface area contributed by atoms with Crippen LogP contribution in [0.5, 0.6) is 11.6 Å². The molecule has 0 saturated carbocycles. The number of aryl methyl sites for hydroxylation is 3. The molecule has 0 aliphatic carbocycles. The van der Waals surface area contributed by atoms with Crippen LogP contribution < -0.4 is 10.1 Å². The number of pyridine rings is 1. The molecular formula is C21H23N3O3. The lowest BCUT2D eigenvalue weighted by atomic mass is 10.1.